The molecule has 26 heavy (non-hydrogen) atoms. The van der Waals surface area contributed by atoms with Gasteiger partial charge in [-0.1, -0.05) is 32.0 Å². The van der Waals surface area contributed by atoms with Crippen molar-refractivity contribution in [3.05, 3.63) is 70.7 Å². The maximum absolute atomic E-state index is 12.6. The third kappa shape index (κ3) is 3.52. The van der Waals surface area contributed by atoms with Crippen LogP contribution in [0.15, 0.2) is 42.6 Å². The zero-order chi connectivity index (χ0) is 18.7. The number of ether oxygens (including phenoxy) is 1. The van der Waals surface area contributed by atoms with E-state index in [4.69, 9.17) is 4.74 Å². The van der Waals surface area contributed by atoms with Gasteiger partial charge in [-0.05, 0) is 49.1 Å². The summed E-state index contributed by atoms with van der Waals surface area (Å²) < 4.78 is 7.04. The second-order valence-electron chi connectivity index (χ2n) is 6.22. The average Bonchev–Trinajstić information content (AvgIpc) is 3.11. The van der Waals surface area contributed by atoms with Crippen LogP contribution in [0.25, 0.3) is 5.65 Å². The first-order chi connectivity index (χ1) is 12.5. The van der Waals surface area contributed by atoms with E-state index in [0.29, 0.717) is 11.2 Å². The molecular formula is C21H22N2O3. The molecule has 1 aromatic carbocycles. The molecule has 0 unspecified atom stereocenters. The predicted molar refractivity (Wildman–Crippen MR) is 99.7 cm³/mol. The van der Waals surface area contributed by atoms with Crippen LogP contribution in [0, 0.1) is 6.92 Å². The van der Waals surface area contributed by atoms with Crippen LogP contribution in [0.4, 0.5) is 0 Å². The van der Waals surface area contributed by atoms with Crippen molar-refractivity contribution in [2.45, 2.75) is 33.6 Å². The highest BCUT2D eigenvalue weighted by molar-refractivity contribution is 6.00. The number of carbonyl (C=O) groups excluding carboxylic acids is 2. The van der Waals surface area contributed by atoms with Gasteiger partial charge in [0.1, 0.15) is 5.65 Å². The minimum atomic E-state index is -0.592. The van der Waals surface area contributed by atoms with E-state index in [1.165, 1.54) is 0 Å². The van der Waals surface area contributed by atoms with Crippen molar-refractivity contribution < 1.29 is 14.3 Å². The van der Waals surface area contributed by atoms with Crippen LogP contribution in [0.2, 0.25) is 0 Å². The van der Waals surface area contributed by atoms with Crippen molar-refractivity contribution in [1.29, 1.82) is 0 Å². The van der Waals surface area contributed by atoms with Crippen molar-refractivity contribution in [2.75, 3.05) is 6.61 Å². The van der Waals surface area contributed by atoms with Crippen LogP contribution in [0.5, 0.6) is 0 Å². The highest BCUT2D eigenvalue weighted by atomic mass is 16.5. The minimum absolute atomic E-state index is 0.189. The van der Waals surface area contributed by atoms with E-state index in [1.54, 1.807) is 6.20 Å². The molecule has 0 amide bonds. The van der Waals surface area contributed by atoms with Crippen LogP contribution in [-0.4, -0.2) is 27.7 Å². The summed E-state index contributed by atoms with van der Waals surface area (Å²) in [5.41, 5.74) is 4.52. The lowest BCUT2D eigenvalue weighted by molar-refractivity contribution is 0.0469. The molecule has 0 aliphatic rings. The zero-order valence-corrected chi connectivity index (χ0v) is 15.3. The lowest BCUT2D eigenvalue weighted by atomic mass is 9.98. The highest BCUT2D eigenvalue weighted by Crippen LogP contribution is 2.15. The fraction of sp³-hybridized carbons (Fsp3) is 0.286. The van der Waals surface area contributed by atoms with Gasteiger partial charge < -0.3 is 9.14 Å². The molecule has 0 aliphatic heterocycles. The molecule has 0 atom stereocenters. The molecule has 0 spiro atoms. The molecule has 0 aliphatic carbocycles. The summed E-state index contributed by atoms with van der Waals surface area (Å²) >= 11 is 0. The number of ketones is 1. The third-order valence-corrected chi connectivity index (χ3v) is 4.50. The van der Waals surface area contributed by atoms with Gasteiger partial charge in [-0.3, -0.25) is 4.79 Å². The summed E-state index contributed by atoms with van der Waals surface area (Å²) in [6.07, 6.45) is 3.24. The van der Waals surface area contributed by atoms with Gasteiger partial charge in [-0.25, -0.2) is 9.78 Å². The van der Waals surface area contributed by atoms with Gasteiger partial charge in [-0.15, -0.1) is 0 Å². The molecule has 0 saturated heterocycles. The number of pyridine rings is 1. The molecule has 134 valence electrons. The van der Waals surface area contributed by atoms with Crippen molar-refractivity contribution in [3.63, 3.8) is 0 Å². The van der Waals surface area contributed by atoms with Gasteiger partial charge in [0.25, 0.3) is 0 Å². The quantitative estimate of drug-likeness (QED) is 0.501. The van der Waals surface area contributed by atoms with E-state index in [-0.39, 0.29) is 18.1 Å². The Bertz CT molecular complexity index is 973. The Labute approximate surface area is 152 Å². The smallest absolute Gasteiger partial charge is 0.359 e. The Morgan fingerprint density at radius 1 is 1.12 bits per heavy atom. The predicted octanol–water partition coefficient (Wildman–Crippen LogP) is 3.81. The largest absolute Gasteiger partial charge is 0.453 e. The third-order valence-electron chi connectivity index (χ3n) is 4.50. The number of fused-ring (bicyclic) bond motifs is 1. The van der Waals surface area contributed by atoms with Crippen molar-refractivity contribution in [2.24, 2.45) is 0 Å². The fourth-order valence-electron chi connectivity index (χ4n) is 2.94. The first-order valence-electron chi connectivity index (χ1n) is 8.80. The van der Waals surface area contributed by atoms with E-state index in [0.717, 1.165) is 29.7 Å². The van der Waals surface area contributed by atoms with E-state index in [2.05, 4.69) is 4.98 Å². The fourth-order valence-corrected chi connectivity index (χ4v) is 2.94. The molecule has 0 fully saturated rings. The monoisotopic (exact) mass is 350 g/mol. The molecule has 0 radical (unpaired) electrons. The summed E-state index contributed by atoms with van der Waals surface area (Å²) in [7, 11) is 0. The second kappa shape index (κ2) is 7.52. The summed E-state index contributed by atoms with van der Waals surface area (Å²) in [5, 5.41) is 0. The van der Waals surface area contributed by atoms with Crippen molar-refractivity contribution >= 4 is 17.4 Å². The topological polar surface area (TPSA) is 60.7 Å². The van der Waals surface area contributed by atoms with Crippen LogP contribution in [-0.2, 0) is 17.6 Å². The number of esters is 1. The van der Waals surface area contributed by atoms with Crippen LogP contribution in [0.3, 0.4) is 0 Å². The standard InChI is InChI=1S/C21H22N2O3/c1-4-15-9-10-16(5-2)17(11-15)19(24)13-26-21(25)18-12-23-14(3)7-6-8-20(23)22-18/h6-12H,4-5,13H2,1-3H3. The van der Waals surface area contributed by atoms with Crippen molar-refractivity contribution in [1.82, 2.24) is 9.38 Å². The number of Topliss-reactive ketones (excluding diaryl/α,β-unsaturated/α-hetero) is 1. The first-order valence-corrected chi connectivity index (χ1v) is 8.80. The zero-order valence-electron chi connectivity index (χ0n) is 15.3. The summed E-state index contributed by atoms with van der Waals surface area (Å²) in [6, 6.07) is 11.5. The Balaban J connectivity index is 1.74. The molecular weight excluding hydrogens is 328 g/mol. The lowest BCUT2D eigenvalue weighted by Gasteiger charge is -2.09. The number of imidazole rings is 1. The SMILES string of the molecule is CCc1ccc(CC)c(C(=O)COC(=O)c2cn3c(C)cccc3n2)c1. The van der Waals surface area contributed by atoms with Crippen LogP contribution in [0.1, 0.15) is 51.5 Å². The van der Waals surface area contributed by atoms with Crippen LogP contribution >= 0.6 is 0 Å². The Hall–Kier alpha value is -2.95. The molecule has 5 heteroatoms. The summed E-state index contributed by atoms with van der Waals surface area (Å²) in [5.74, 6) is -0.781. The Morgan fingerprint density at radius 3 is 2.62 bits per heavy atom. The highest BCUT2D eigenvalue weighted by Gasteiger charge is 2.17. The maximum atomic E-state index is 12.6. The summed E-state index contributed by atoms with van der Waals surface area (Å²) in [6.45, 7) is 5.69. The number of hydrogen-bond donors (Lipinski definition) is 0. The molecule has 5 nitrogen and oxygen atoms in total. The van der Waals surface area contributed by atoms with E-state index in [1.807, 2.05) is 61.6 Å². The Kier molecular flexibility index (Phi) is 5.16. The minimum Gasteiger partial charge on any atom is -0.453 e. The van der Waals surface area contributed by atoms with Gasteiger partial charge in [0.15, 0.2) is 12.3 Å². The van der Waals surface area contributed by atoms with Gasteiger partial charge in [0.2, 0.25) is 5.78 Å². The van der Waals surface area contributed by atoms with Gasteiger partial charge in [-0.2, -0.15) is 0 Å². The molecule has 3 aromatic rings. The molecule has 2 aromatic heterocycles. The van der Waals surface area contributed by atoms with Gasteiger partial charge >= 0.3 is 5.97 Å². The number of rotatable bonds is 6. The number of nitrogens with zero attached hydrogens (tertiary/aromatic N) is 2. The van der Waals surface area contributed by atoms with E-state index in [9.17, 15) is 9.59 Å². The number of benzene rings is 1. The molecule has 0 N–H and O–H groups in total. The normalized spacial score (nSPS) is 10.9. The second-order valence-corrected chi connectivity index (χ2v) is 6.22. The number of hydrogen-bond acceptors (Lipinski definition) is 4. The molecule has 0 saturated carbocycles. The van der Waals surface area contributed by atoms with Gasteiger partial charge in [0, 0.05) is 17.5 Å². The van der Waals surface area contributed by atoms with Gasteiger partial charge in [0.05, 0.1) is 0 Å². The van der Waals surface area contributed by atoms with Crippen molar-refractivity contribution in [3.8, 4) is 0 Å². The molecule has 2 heterocycles. The molecule has 3 rings (SSSR count). The Morgan fingerprint density at radius 2 is 1.92 bits per heavy atom. The first kappa shape index (κ1) is 17.9. The van der Waals surface area contributed by atoms with Crippen LogP contribution < -0.4 is 0 Å². The summed E-state index contributed by atoms with van der Waals surface area (Å²) in [4.78, 5) is 29.1. The van der Waals surface area contributed by atoms with E-state index < -0.39 is 5.97 Å². The number of carbonyl (C=O) groups is 2. The lowest BCUT2D eigenvalue weighted by Crippen LogP contribution is -2.16. The average molecular weight is 350 g/mol. The number of aryl methyl sites for hydroxylation is 3. The van der Waals surface area contributed by atoms with E-state index >= 15 is 0 Å². The molecule has 0 bridgehead atoms. The maximum Gasteiger partial charge on any atom is 0.359 e. The number of aromatic nitrogens is 2.